The fraction of sp³-hybridized carbons (Fsp3) is 0.619. The summed E-state index contributed by atoms with van der Waals surface area (Å²) in [6, 6.07) is 6.93. The van der Waals surface area contributed by atoms with Crippen molar-refractivity contribution in [2.24, 2.45) is 5.73 Å². The smallest absolute Gasteiger partial charge is 0.116 e. The second-order valence-electron chi connectivity index (χ2n) is 6.72. The topological polar surface area (TPSA) is 46.3 Å². The molecule has 2 N–H and O–H groups in total. The van der Waals surface area contributed by atoms with Crippen LogP contribution in [0.1, 0.15) is 64.4 Å². The number of benzene rings is 1. The molecule has 0 bridgehead atoms. The lowest BCUT2D eigenvalue weighted by Gasteiger charge is -2.46. The summed E-state index contributed by atoms with van der Waals surface area (Å²) < 4.78 is 0. The van der Waals surface area contributed by atoms with Crippen molar-refractivity contribution in [3.05, 3.63) is 35.4 Å². The molecule has 3 rings (SSSR count). The van der Waals surface area contributed by atoms with Crippen molar-refractivity contribution >= 4 is 23.2 Å². The van der Waals surface area contributed by atoms with Crippen LogP contribution in [0.25, 0.3) is 0 Å². The van der Waals surface area contributed by atoms with E-state index in [1.54, 1.807) is 0 Å². The normalized spacial score (nSPS) is 21.3. The maximum absolute atomic E-state index is 8.57. The van der Waals surface area contributed by atoms with Gasteiger partial charge in [-0.05, 0) is 63.3 Å². The van der Waals surface area contributed by atoms with Gasteiger partial charge in [-0.2, -0.15) is 0 Å². The fourth-order valence-electron chi connectivity index (χ4n) is 3.97. The molecule has 1 saturated heterocycles. The number of piperidine rings is 1. The molecular formula is C21H33ClN2O. The lowest BCUT2D eigenvalue weighted by Crippen LogP contribution is -2.59. The molecule has 1 unspecified atom stereocenters. The zero-order chi connectivity index (χ0) is 18.9. The first-order valence-corrected chi connectivity index (χ1v) is 9.85. The van der Waals surface area contributed by atoms with E-state index in [4.69, 9.17) is 22.1 Å². The molecule has 1 aliphatic heterocycles. The molecule has 25 heavy (non-hydrogen) atoms. The van der Waals surface area contributed by atoms with Crippen LogP contribution in [0.15, 0.2) is 24.8 Å². The largest absolute Gasteiger partial charge is 0.367 e. The van der Waals surface area contributed by atoms with Crippen LogP contribution in [0.5, 0.6) is 0 Å². The zero-order valence-corrected chi connectivity index (χ0v) is 16.7. The fourth-order valence-corrected chi connectivity index (χ4v) is 4.14. The van der Waals surface area contributed by atoms with Gasteiger partial charge in [-0.15, -0.1) is 0 Å². The Labute approximate surface area is 158 Å². The van der Waals surface area contributed by atoms with Crippen molar-refractivity contribution in [1.29, 1.82) is 0 Å². The molecule has 0 radical (unpaired) electrons. The van der Waals surface area contributed by atoms with Gasteiger partial charge in [0.1, 0.15) is 5.94 Å². The minimum atomic E-state index is 0.0117. The minimum absolute atomic E-state index is 0.0117. The van der Waals surface area contributed by atoms with Gasteiger partial charge in [0.05, 0.1) is 0 Å². The quantitative estimate of drug-likeness (QED) is 0.723. The molecule has 2 fully saturated rings. The molecule has 2 aliphatic rings. The molecule has 0 aromatic heterocycles. The van der Waals surface area contributed by atoms with Crippen LogP contribution >= 0.6 is 11.6 Å². The molecule has 0 amide bonds. The number of halogens is 1. The Morgan fingerprint density at radius 2 is 1.84 bits per heavy atom. The summed E-state index contributed by atoms with van der Waals surface area (Å²) in [5.41, 5.74) is 9.16. The minimum Gasteiger partial charge on any atom is -0.367 e. The molecule has 1 aliphatic carbocycles. The number of hydrogen-bond acceptors (Lipinski definition) is 3. The molecule has 1 heterocycles. The lowest BCUT2D eigenvalue weighted by atomic mass is 9.82. The van der Waals surface area contributed by atoms with Crippen LogP contribution in [0, 0.1) is 6.92 Å². The van der Waals surface area contributed by atoms with Crippen molar-refractivity contribution in [3.8, 4) is 0 Å². The van der Waals surface area contributed by atoms with Crippen molar-refractivity contribution < 1.29 is 4.79 Å². The van der Waals surface area contributed by atoms with E-state index in [1.807, 2.05) is 13.8 Å². The van der Waals surface area contributed by atoms with Gasteiger partial charge < -0.3 is 10.6 Å². The van der Waals surface area contributed by atoms with Gasteiger partial charge in [0.2, 0.25) is 0 Å². The zero-order valence-electron chi connectivity index (χ0n) is 16.0. The number of carbonyl (C=O) groups excluding carboxylic acids is 1. The standard InChI is InChI=1S/C17H25ClN2.C2H2O.C2H6/c1-13-7-8-14(12-15(13)18)20-11-5-2-6-16(20)17(19)9-3-4-10-17;1-2-3;1-2/h7-8,12,16H,2-6,9-11,19H2,1H3;1H2;1-2H3. The van der Waals surface area contributed by atoms with Gasteiger partial charge in [-0.3, -0.25) is 0 Å². The van der Waals surface area contributed by atoms with E-state index in [-0.39, 0.29) is 5.54 Å². The van der Waals surface area contributed by atoms with Gasteiger partial charge in [-0.25, -0.2) is 4.79 Å². The van der Waals surface area contributed by atoms with Gasteiger partial charge >= 0.3 is 0 Å². The van der Waals surface area contributed by atoms with E-state index in [1.165, 1.54) is 56.6 Å². The van der Waals surface area contributed by atoms with Crippen molar-refractivity contribution in [2.45, 2.75) is 77.3 Å². The molecule has 0 spiro atoms. The average molecular weight is 365 g/mol. The highest BCUT2D eigenvalue weighted by Gasteiger charge is 2.41. The summed E-state index contributed by atoms with van der Waals surface area (Å²) in [4.78, 5) is 11.1. The summed E-state index contributed by atoms with van der Waals surface area (Å²) in [7, 11) is 0. The first-order chi connectivity index (χ1) is 12.0. The van der Waals surface area contributed by atoms with Gasteiger partial charge in [0.25, 0.3) is 0 Å². The summed E-state index contributed by atoms with van der Waals surface area (Å²) >= 11 is 6.32. The predicted molar refractivity (Wildman–Crippen MR) is 109 cm³/mol. The van der Waals surface area contributed by atoms with E-state index in [9.17, 15) is 0 Å². The van der Waals surface area contributed by atoms with Crippen molar-refractivity contribution in [3.63, 3.8) is 0 Å². The van der Waals surface area contributed by atoms with Crippen LogP contribution in [0.4, 0.5) is 5.69 Å². The average Bonchev–Trinajstić information content (AvgIpc) is 3.08. The summed E-state index contributed by atoms with van der Waals surface area (Å²) in [5, 5.41) is 0.865. The Balaban J connectivity index is 0.000000567. The van der Waals surface area contributed by atoms with E-state index < -0.39 is 0 Å². The van der Waals surface area contributed by atoms with Crippen LogP contribution in [0.2, 0.25) is 5.02 Å². The number of anilines is 1. The SMILES string of the molecule is C=C=O.CC.Cc1ccc(N2CCCCC2C2(N)CCCC2)cc1Cl. The number of nitrogens with zero attached hydrogens (tertiary/aromatic N) is 1. The Kier molecular flexibility index (Phi) is 9.27. The van der Waals surface area contributed by atoms with Crippen LogP contribution < -0.4 is 10.6 Å². The predicted octanol–water partition coefficient (Wildman–Crippen LogP) is 5.31. The summed E-state index contributed by atoms with van der Waals surface area (Å²) in [6.45, 7) is 9.85. The van der Waals surface area contributed by atoms with Crippen molar-refractivity contribution in [2.75, 3.05) is 11.4 Å². The van der Waals surface area contributed by atoms with Crippen LogP contribution in [0.3, 0.4) is 0 Å². The third-order valence-corrected chi connectivity index (χ3v) is 5.60. The molecule has 1 saturated carbocycles. The first kappa shape index (κ1) is 21.8. The Morgan fingerprint density at radius 1 is 1.24 bits per heavy atom. The highest BCUT2D eigenvalue weighted by Crippen LogP contribution is 2.39. The Morgan fingerprint density at radius 3 is 2.40 bits per heavy atom. The van der Waals surface area contributed by atoms with E-state index in [0.717, 1.165) is 17.1 Å². The van der Waals surface area contributed by atoms with E-state index in [0.29, 0.717) is 6.04 Å². The third-order valence-electron chi connectivity index (χ3n) is 5.19. The number of aryl methyl sites for hydroxylation is 1. The van der Waals surface area contributed by atoms with Gasteiger partial charge in [0.15, 0.2) is 0 Å². The molecule has 1 atom stereocenters. The highest BCUT2D eigenvalue weighted by atomic mass is 35.5. The summed E-state index contributed by atoms with van der Waals surface area (Å²) in [6.07, 6.45) is 8.71. The maximum atomic E-state index is 8.57. The summed E-state index contributed by atoms with van der Waals surface area (Å²) in [5.74, 6) is 1.25. The van der Waals surface area contributed by atoms with E-state index in [2.05, 4.69) is 36.6 Å². The van der Waals surface area contributed by atoms with Gasteiger partial charge in [-0.1, -0.05) is 44.4 Å². The third kappa shape index (κ3) is 5.60. The monoisotopic (exact) mass is 364 g/mol. The van der Waals surface area contributed by atoms with Crippen LogP contribution in [-0.2, 0) is 4.79 Å². The van der Waals surface area contributed by atoms with Crippen molar-refractivity contribution in [1.82, 2.24) is 0 Å². The molecule has 4 heteroatoms. The Bertz CT molecular complexity index is 561. The molecule has 1 aromatic carbocycles. The number of hydrogen-bond donors (Lipinski definition) is 1. The van der Waals surface area contributed by atoms with Crippen LogP contribution in [-0.4, -0.2) is 24.1 Å². The molecular weight excluding hydrogens is 332 g/mol. The molecule has 140 valence electrons. The van der Waals surface area contributed by atoms with E-state index >= 15 is 0 Å². The number of nitrogens with two attached hydrogens (primary N) is 1. The number of rotatable bonds is 2. The molecule has 3 nitrogen and oxygen atoms in total. The Hall–Kier alpha value is -1.28. The maximum Gasteiger partial charge on any atom is 0.116 e. The first-order valence-electron chi connectivity index (χ1n) is 9.48. The van der Waals surface area contributed by atoms with Gasteiger partial charge in [0, 0.05) is 28.8 Å². The molecule has 1 aromatic rings. The second-order valence-corrected chi connectivity index (χ2v) is 7.13. The second kappa shape index (κ2) is 10.7. The lowest BCUT2D eigenvalue weighted by molar-refractivity contribution is 0.289. The highest BCUT2D eigenvalue weighted by molar-refractivity contribution is 6.31.